The Morgan fingerprint density at radius 1 is 1.26 bits per heavy atom. The van der Waals surface area contributed by atoms with Gasteiger partial charge in [-0.05, 0) is 19.1 Å². The molecule has 1 amide bonds. The summed E-state index contributed by atoms with van der Waals surface area (Å²) in [6.45, 7) is 4.28. The van der Waals surface area contributed by atoms with Gasteiger partial charge in [-0.2, -0.15) is 0 Å². The highest BCUT2D eigenvalue weighted by atomic mass is 16.5. The van der Waals surface area contributed by atoms with E-state index in [1.165, 1.54) is 6.20 Å². The molecule has 3 rings (SSSR count). The number of ether oxygens (including phenoxy) is 2. The van der Waals surface area contributed by atoms with E-state index in [1.807, 2.05) is 25.1 Å². The smallest absolute Gasteiger partial charge is 0.274 e. The molecule has 2 heterocycles. The number of benzene rings is 1. The molecule has 120 valence electrons. The summed E-state index contributed by atoms with van der Waals surface area (Å²) in [5.74, 6) is 0.593. The standard InChI is InChI=1S/C17H19N3O3/c1-12-3-4-16(22-2)13(9-12)14-10-18-11-15(19-14)17(21)20-5-7-23-8-6-20/h3-4,9-11H,5-8H2,1-2H3. The molecule has 6 nitrogen and oxygen atoms in total. The van der Waals surface area contributed by atoms with Crippen LogP contribution in [-0.4, -0.2) is 54.2 Å². The Morgan fingerprint density at radius 3 is 2.78 bits per heavy atom. The van der Waals surface area contributed by atoms with Gasteiger partial charge in [0.2, 0.25) is 0 Å². The van der Waals surface area contributed by atoms with Crippen molar-refractivity contribution < 1.29 is 14.3 Å². The predicted molar refractivity (Wildman–Crippen MR) is 85.5 cm³/mol. The second-order valence-electron chi connectivity index (χ2n) is 5.40. The van der Waals surface area contributed by atoms with E-state index in [4.69, 9.17) is 9.47 Å². The fraction of sp³-hybridized carbons (Fsp3) is 0.353. The minimum atomic E-state index is -0.116. The van der Waals surface area contributed by atoms with E-state index < -0.39 is 0 Å². The average Bonchev–Trinajstić information content (AvgIpc) is 2.62. The van der Waals surface area contributed by atoms with Gasteiger partial charge in [-0.1, -0.05) is 11.6 Å². The molecule has 0 bridgehead atoms. The summed E-state index contributed by atoms with van der Waals surface area (Å²) in [5.41, 5.74) is 2.89. The molecule has 2 aromatic rings. The third-order valence-corrected chi connectivity index (χ3v) is 3.78. The Morgan fingerprint density at radius 2 is 2.04 bits per heavy atom. The number of aryl methyl sites for hydroxylation is 1. The highest BCUT2D eigenvalue weighted by molar-refractivity contribution is 5.92. The highest BCUT2D eigenvalue weighted by Crippen LogP contribution is 2.29. The van der Waals surface area contributed by atoms with Gasteiger partial charge in [-0.25, -0.2) is 4.98 Å². The van der Waals surface area contributed by atoms with Crippen LogP contribution in [0.3, 0.4) is 0 Å². The highest BCUT2D eigenvalue weighted by Gasteiger charge is 2.20. The normalized spacial score (nSPS) is 14.6. The Labute approximate surface area is 135 Å². The van der Waals surface area contributed by atoms with Crippen molar-refractivity contribution in [3.8, 4) is 17.0 Å². The Bertz CT molecular complexity index is 712. The quantitative estimate of drug-likeness (QED) is 0.866. The van der Waals surface area contributed by atoms with Crippen molar-refractivity contribution in [3.63, 3.8) is 0 Å². The molecule has 1 saturated heterocycles. The first-order valence-electron chi connectivity index (χ1n) is 7.53. The summed E-state index contributed by atoms with van der Waals surface area (Å²) in [6.07, 6.45) is 3.15. The number of hydrogen-bond acceptors (Lipinski definition) is 5. The van der Waals surface area contributed by atoms with E-state index in [-0.39, 0.29) is 5.91 Å². The third-order valence-electron chi connectivity index (χ3n) is 3.78. The topological polar surface area (TPSA) is 64.5 Å². The lowest BCUT2D eigenvalue weighted by Gasteiger charge is -2.26. The lowest BCUT2D eigenvalue weighted by molar-refractivity contribution is 0.0299. The molecule has 23 heavy (non-hydrogen) atoms. The van der Waals surface area contributed by atoms with Crippen LogP contribution in [0.4, 0.5) is 0 Å². The van der Waals surface area contributed by atoms with Gasteiger partial charge in [0.15, 0.2) is 0 Å². The number of carbonyl (C=O) groups excluding carboxylic acids is 1. The zero-order valence-electron chi connectivity index (χ0n) is 13.3. The second kappa shape index (κ2) is 6.75. The summed E-state index contributed by atoms with van der Waals surface area (Å²) in [4.78, 5) is 23.0. The van der Waals surface area contributed by atoms with Crippen LogP contribution in [0.15, 0.2) is 30.6 Å². The van der Waals surface area contributed by atoms with Crippen molar-refractivity contribution >= 4 is 5.91 Å². The van der Waals surface area contributed by atoms with Gasteiger partial charge < -0.3 is 14.4 Å². The number of rotatable bonds is 3. The van der Waals surface area contributed by atoms with Crippen molar-refractivity contribution in [1.82, 2.24) is 14.9 Å². The van der Waals surface area contributed by atoms with Crippen LogP contribution < -0.4 is 4.74 Å². The minimum Gasteiger partial charge on any atom is -0.496 e. The van der Waals surface area contributed by atoms with E-state index in [1.54, 1.807) is 18.2 Å². The number of methoxy groups -OCH3 is 1. The van der Waals surface area contributed by atoms with Gasteiger partial charge in [0.25, 0.3) is 5.91 Å². The summed E-state index contributed by atoms with van der Waals surface area (Å²) < 4.78 is 10.7. The summed E-state index contributed by atoms with van der Waals surface area (Å²) >= 11 is 0. The summed E-state index contributed by atoms with van der Waals surface area (Å²) in [5, 5.41) is 0. The zero-order valence-corrected chi connectivity index (χ0v) is 13.3. The van der Waals surface area contributed by atoms with Gasteiger partial charge in [-0.15, -0.1) is 0 Å². The molecule has 1 aromatic heterocycles. The van der Waals surface area contributed by atoms with Crippen LogP contribution in [0, 0.1) is 6.92 Å². The van der Waals surface area contributed by atoms with E-state index >= 15 is 0 Å². The monoisotopic (exact) mass is 313 g/mol. The van der Waals surface area contributed by atoms with Crippen molar-refractivity contribution in [1.29, 1.82) is 0 Å². The molecule has 0 spiro atoms. The Hall–Kier alpha value is -2.47. The van der Waals surface area contributed by atoms with Crippen LogP contribution in [0.2, 0.25) is 0 Å². The molecule has 0 aliphatic carbocycles. The molecule has 0 atom stereocenters. The van der Waals surface area contributed by atoms with E-state index in [9.17, 15) is 4.79 Å². The van der Waals surface area contributed by atoms with Crippen LogP contribution in [0.5, 0.6) is 5.75 Å². The predicted octanol–water partition coefficient (Wildman–Crippen LogP) is 1.93. The number of nitrogens with zero attached hydrogens (tertiary/aromatic N) is 3. The summed E-state index contributed by atoms with van der Waals surface area (Å²) in [7, 11) is 1.62. The second-order valence-corrected chi connectivity index (χ2v) is 5.40. The third kappa shape index (κ3) is 3.32. The van der Waals surface area contributed by atoms with Crippen molar-refractivity contribution in [3.05, 3.63) is 41.9 Å². The fourth-order valence-corrected chi connectivity index (χ4v) is 2.55. The first-order valence-corrected chi connectivity index (χ1v) is 7.53. The molecule has 0 unspecified atom stereocenters. The number of aromatic nitrogens is 2. The van der Waals surface area contributed by atoms with Gasteiger partial charge in [0.1, 0.15) is 11.4 Å². The van der Waals surface area contributed by atoms with Crippen molar-refractivity contribution in [2.45, 2.75) is 6.92 Å². The van der Waals surface area contributed by atoms with E-state index in [0.29, 0.717) is 43.4 Å². The molecular weight excluding hydrogens is 294 g/mol. The maximum Gasteiger partial charge on any atom is 0.274 e. The lowest BCUT2D eigenvalue weighted by Crippen LogP contribution is -2.41. The average molecular weight is 313 g/mol. The van der Waals surface area contributed by atoms with Gasteiger partial charge in [0.05, 0.1) is 38.4 Å². The van der Waals surface area contributed by atoms with Crippen molar-refractivity contribution in [2.75, 3.05) is 33.4 Å². The molecule has 0 N–H and O–H groups in total. The van der Waals surface area contributed by atoms with Crippen LogP contribution in [0.1, 0.15) is 16.1 Å². The van der Waals surface area contributed by atoms with Crippen LogP contribution in [0.25, 0.3) is 11.3 Å². The van der Waals surface area contributed by atoms with Gasteiger partial charge in [-0.3, -0.25) is 9.78 Å². The molecule has 1 aliphatic heterocycles. The molecule has 1 aliphatic rings. The Kier molecular flexibility index (Phi) is 4.52. The number of amides is 1. The molecule has 1 fully saturated rings. The Balaban J connectivity index is 1.93. The van der Waals surface area contributed by atoms with Crippen LogP contribution in [-0.2, 0) is 4.74 Å². The minimum absolute atomic E-state index is 0.116. The largest absolute Gasteiger partial charge is 0.496 e. The number of hydrogen-bond donors (Lipinski definition) is 0. The van der Waals surface area contributed by atoms with E-state index in [0.717, 1.165) is 11.1 Å². The SMILES string of the molecule is COc1ccc(C)cc1-c1cncc(C(=O)N2CCOCC2)n1. The first kappa shape index (κ1) is 15.4. The fourth-order valence-electron chi connectivity index (χ4n) is 2.55. The molecule has 6 heteroatoms. The zero-order chi connectivity index (χ0) is 16.2. The van der Waals surface area contributed by atoms with Gasteiger partial charge >= 0.3 is 0 Å². The van der Waals surface area contributed by atoms with E-state index in [2.05, 4.69) is 9.97 Å². The molecule has 0 saturated carbocycles. The maximum atomic E-state index is 12.5. The van der Waals surface area contributed by atoms with Gasteiger partial charge in [0, 0.05) is 18.7 Å². The molecular formula is C17H19N3O3. The lowest BCUT2D eigenvalue weighted by atomic mass is 10.1. The number of carbonyl (C=O) groups is 1. The molecule has 0 radical (unpaired) electrons. The summed E-state index contributed by atoms with van der Waals surface area (Å²) in [6, 6.07) is 5.84. The maximum absolute atomic E-state index is 12.5. The molecule has 1 aromatic carbocycles. The van der Waals surface area contributed by atoms with Crippen molar-refractivity contribution in [2.24, 2.45) is 0 Å². The van der Waals surface area contributed by atoms with Crippen LogP contribution >= 0.6 is 0 Å². The first-order chi connectivity index (χ1) is 11.2. The number of morpholine rings is 1.